The third-order valence-corrected chi connectivity index (χ3v) is 5.20. The van der Waals surface area contributed by atoms with E-state index in [0.717, 1.165) is 16.3 Å². The highest BCUT2D eigenvalue weighted by Gasteiger charge is 2.19. The molecule has 0 heterocycles. The highest BCUT2D eigenvalue weighted by molar-refractivity contribution is 7.87. The largest absolute Gasteiger partial charge is 0.379 e. The van der Waals surface area contributed by atoms with Crippen LogP contribution in [0, 0.1) is 0 Å². The Morgan fingerprint density at radius 3 is 2.04 bits per heavy atom. The van der Waals surface area contributed by atoms with Gasteiger partial charge in [0.2, 0.25) is 0 Å². The summed E-state index contributed by atoms with van der Waals surface area (Å²) in [6.07, 6.45) is 0. The molecule has 0 aliphatic heterocycles. The minimum absolute atomic E-state index is 0.0263. The van der Waals surface area contributed by atoms with E-state index in [1.807, 2.05) is 42.5 Å². The van der Waals surface area contributed by atoms with E-state index in [0.29, 0.717) is 5.75 Å². The molecule has 0 radical (unpaired) electrons. The Balaban J connectivity index is 1.89. The van der Waals surface area contributed by atoms with Crippen LogP contribution in [0.25, 0.3) is 10.8 Å². The predicted molar refractivity (Wildman–Crippen MR) is 96.9 cm³/mol. The Hall–Kier alpha value is -2.33. The molecule has 0 unspecified atom stereocenters. The standard InChI is InChI=1S/C20H20O3S/c1-20(2,3)17-9-12-19(13-10-17)24(21,22)23-18-11-8-15-6-4-5-7-16(15)14-18/h4-14H,1-3H3. The van der Waals surface area contributed by atoms with Gasteiger partial charge in [-0.1, -0.05) is 63.2 Å². The second kappa shape index (κ2) is 5.95. The van der Waals surface area contributed by atoms with Gasteiger partial charge < -0.3 is 4.18 Å². The Morgan fingerprint density at radius 2 is 1.42 bits per heavy atom. The van der Waals surface area contributed by atoms with Crippen molar-refractivity contribution in [3.63, 3.8) is 0 Å². The molecule has 124 valence electrons. The molecule has 0 N–H and O–H groups in total. The van der Waals surface area contributed by atoms with Crippen molar-refractivity contribution >= 4 is 20.9 Å². The summed E-state index contributed by atoms with van der Waals surface area (Å²) < 4.78 is 30.2. The van der Waals surface area contributed by atoms with Crippen molar-refractivity contribution in [1.82, 2.24) is 0 Å². The van der Waals surface area contributed by atoms with Crippen molar-refractivity contribution in [3.05, 3.63) is 72.3 Å². The zero-order valence-electron chi connectivity index (χ0n) is 14.0. The van der Waals surface area contributed by atoms with E-state index in [1.165, 1.54) is 0 Å². The molecule has 0 aliphatic carbocycles. The fourth-order valence-electron chi connectivity index (χ4n) is 2.52. The fraction of sp³-hybridized carbons (Fsp3) is 0.200. The number of fused-ring (bicyclic) bond motifs is 1. The molecule has 24 heavy (non-hydrogen) atoms. The molecule has 0 spiro atoms. The zero-order chi connectivity index (χ0) is 17.4. The Kier molecular flexibility index (Phi) is 4.10. The molecule has 0 atom stereocenters. The maximum absolute atomic E-state index is 12.5. The normalized spacial score (nSPS) is 12.3. The lowest BCUT2D eigenvalue weighted by Crippen LogP contribution is -2.13. The summed E-state index contributed by atoms with van der Waals surface area (Å²) in [6, 6.07) is 19.8. The zero-order valence-corrected chi connectivity index (χ0v) is 14.8. The molecule has 3 aromatic rings. The summed E-state index contributed by atoms with van der Waals surface area (Å²) in [7, 11) is -3.84. The number of hydrogen-bond acceptors (Lipinski definition) is 3. The number of benzene rings is 3. The van der Waals surface area contributed by atoms with Gasteiger partial charge in [-0.05, 0) is 46.0 Å². The lowest BCUT2D eigenvalue weighted by atomic mass is 9.87. The van der Waals surface area contributed by atoms with Gasteiger partial charge >= 0.3 is 10.1 Å². The molecule has 0 saturated heterocycles. The second-order valence-corrected chi connectivity index (χ2v) is 8.37. The van der Waals surface area contributed by atoms with Crippen LogP contribution < -0.4 is 4.18 Å². The van der Waals surface area contributed by atoms with Crippen LogP contribution in [-0.2, 0) is 15.5 Å². The lowest BCUT2D eigenvalue weighted by Gasteiger charge is -2.19. The summed E-state index contributed by atoms with van der Waals surface area (Å²) in [6.45, 7) is 6.26. The first-order valence-electron chi connectivity index (χ1n) is 7.79. The predicted octanol–water partition coefficient (Wildman–Crippen LogP) is 4.91. The summed E-state index contributed by atoms with van der Waals surface area (Å²) in [5, 5.41) is 1.98. The first-order chi connectivity index (χ1) is 11.3. The van der Waals surface area contributed by atoms with Crippen LogP contribution in [0.15, 0.2) is 71.6 Å². The van der Waals surface area contributed by atoms with Gasteiger partial charge in [0.05, 0.1) is 0 Å². The molecule has 0 aliphatic rings. The summed E-state index contributed by atoms with van der Waals surface area (Å²) in [4.78, 5) is 0.156. The van der Waals surface area contributed by atoms with Gasteiger partial charge in [0.15, 0.2) is 0 Å². The maximum atomic E-state index is 12.5. The molecule has 3 rings (SSSR count). The topological polar surface area (TPSA) is 43.4 Å². The molecule has 4 heteroatoms. The molecule has 0 bridgehead atoms. The van der Waals surface area contributed by atoms with Crippen molar-refractivity contribution in [2.75, 3.05) is 0 Å². The van der Waals surface area contributed by atoms with E-state index in [9.17, 15) is 8.42 Å². The average molecular weight is 340 g/mol. The maximum Gasteiger partial charge on any atom is 0.339 e. The monoisotopic (exact) mass is 340 g/mol. The lowest BCUT2D eigenvalue weighted by molar-refractivity contribution is 0.486. The number of hydrogen-bond donors (Lipinski definition) is 0. The van der Waals surface area contributed by atoms with Gasteiger partial charge in [-0.25, -0.2) is 0 Å². The van der Waals surface area contributed by atoms with E-state index < -0.39 is 10.1 Å². The van der Waals surface area contributed by atoms with Crippen molar-refractivity contribution in [2.24, 2.45) is 0 Å². The van der Waals surface area contributed by atoms with Gasteiger partial charge in [-0.2, -0.15) is 8.42 Å². The second-order valence-electron chi connectivity index (χ2n) is 6.82. The van der Waals surface area contributed by atoms with Crippen LogP contribution >= 0.6 is 0 Å². The van der Waals surface area contributed by atoms with E-state index in [-0.39, 0.29) is 10.3 Å². The molecule has 3 aromatic carbocycles. The molecular formula is C20H20O3S. The summed E-state index contributed by atoms with van der Waals surface area (Å²) in [5.74, 6) is 0.314. The minimum Gasteiger partial charge on any atom is -0.379 e. The van der Waals surface area contributed by atoms with Crippen LogP contribution in [-0.4, -0.2) is 8.42 Å². The van der Waals surface area contributed by atoms with Gasteiger partial charge in [0.25, 0.3) is 0 Å². The molecule has 0 saturated carbocycles. The SMILES string of the molecule is CC(C)(C)c1ccc(S(=O)(=O)Oc2ccc3ccccc3c2)cc1. The first-order valence-corrected chi connectivity index (χ1v) is 9.20. The van der Waals surface area contributed by atoms with E-state index in [4.69, 9.17) is 4.18 Å². The highest BCUT2D eigenvalue weighted by atomic mass is 32.2. The molecule has 3 nitrogen and oxygen atoms in total. The van der Waals surface area contributed by atoms with Gasteiger partial charge in [0.1, 0.15) is 10.6 Å². The van der Waals surface area contributed by atoms with Crippen LogP contribution in [0.1, 0.15) is 26.3 Å². The van der Waals surface area contributed by atoms with Crippen molar-refractivity contribution in [1.29, 1.82) is 0 Å². The van der Waals surface area contributed by atoms with E-state index in [2.05, 4.69) is 20.8 Å². The Labute approximate surface area is 143 Å². The van der Waals surface area contributed by atoms with Crippen LogP contribution in [0.3, 0.4) is 0 Å². The average Bonchev–Trinajstić information content (AvgIpc) is 2.54. The third kappa shape index (κ3) is 3.44. The van der Waals surface area contributed by atoms with Gasteiger partial charge in [0, 0.05) is 0 Å². The van der Waals surface area contributed by atoms with Crippen LogP contribution in [0.2, 0.25) is 0 Å². The Bertz CT molecular complexity index is 966. The van der Waals surface area contributed by atoms with Crippen LogP contribution in [0.4, 0.5) is 0 Å². The number of rotatable bonds is 3. The van der Waals surface area contributed by atoms with E-state index >= 15 is 0 Å². The van der Waals surface area contributed by atoms with Crippen molar-refractivity contribution < 1.29 is 12.6 Å². The smallest absolute Gasteiger partial charge is 0.339 e. The van der Waals surface area contributed by atoms with Gasteiger partial charge in [-0.3, -0.25) is 0 Å². The van der Waals surface area contributed by atoms with Crippen LogP contribution in [0.5, 0.6) is 5.75 Å². The summed E-state index contributed by atoms with van der Waals surface area (Å²) in [5.41, 5.74) is 1.05. The molecule has 0 aromatic heterocycles. The summed E-state index contributed by atoms with van der Waals surface area (Å²) >= 11 is 0. The fourth-order valence-corrected chi connectivity index (χ4v) is 3.44. The first kappa shape index (κ1) is 16.5. The van der Waals surface area contributed by atoms with Crippen molar-refractivity contribution in [2.45, 2.75) is 31.1 Å². The third-order valence-electron chi connectivity index (χ3n) is 3.94. The molecular weight excluding hydrogens is 320 g/mol. The Morgan fingerprint density at radius 1 is 0.792 bits per heavy atom. The van der Waals surface area contributed by atoms with E-state index in [1.54, 1.807) is 24.3 Å². The highest BCUT2D eigenvalue weighted by Crippen LogP contribution is 2.26. The molecule has 0 amide bonds. The quantitative estimate of drug-likeness (QED) is 0.637. The molecule has 0 fully saturated rings. The minimum atomic E-state index is -3.84. The van der Waals surface area contributed by atoms with Gasteiger partial charge in [-0.15, -0.1) is 0 Å². The van der Waals surface area contributed by atoms with Crippen molar-refractivity contribution in [3.8, 4) is 5.75 Å².